The Hall–Kier alpha value is -0.0800. The Bertz CT molecular complexity index is 211. The first-order valence-electron chi connectivity index (χ1n) is 7.79. The number of piperidine rings is 1. The quantitative estimate of drug-likeness (QED) is 0.798. The molecule has 1 aliphatic carbocycles. The van der Waals surface area contributed by atoms with Crippen molar-refractivity contribution in [3.63, 3.8) is 0 Å². The molecule has 2 heteroatoms. The molecule has 0 aromatic heterocycles. The van der Waals surface area contributed by atoms with Crippen molar-refractivity contribution in [2.24, 2.45) is 17.6 Å². The standard InChI is InChI=1S/C15H30N2/c1-2-14-8-5-10-17(15(14)12-16)11-9-13-6-3-4-7-13/h13-15H,2-12,16H2,1H3. The number of nitrogens with zero attached hydrogens (tertiary/aromatic N) is 1. The highest BCUT2D eigenvalue weighted by Crippen LogP contribution is 2.30. The minimum absolute atomic E-state index is 0.676. The van der Waals surface area contributed by atoms with Crippen molar-refractivity contribution in [2.45, 2.75) is 64.3 Å². The van der Waals surface area contributed by atoms with E-state index in [1.807, 2.05) is 0 Å². The molecule has 0 aromatic rings. The van der Waals surface area contributed by atoms with Crippen LogP contribution in [0.5, 0.6) is 0 Å². The van der Waals surface area contributed by atoms with Crippen LogP contribution in [0.1, 0.15) is 58.3 Å². The average molecular weight is 238 g/mol. The van der Waals surface area contributed by atoms with E-state index < -0.39 is 0 Å². The molecule has 2 unspecified atom stereocenters. The van der Waals surface area contributed by atoms with Crippen LogP contribution in [0.15, 0.2) is 0 Å². The van der Waals surface area contributed by atoms with E-state index in [0.717, 1.165) is 18.4 Å². The minimum atomic E-state index is 0.676. The molecule has 2 N–H and O–H groups in total. The summed E-state index contributed by atoms with van der Waals surface area (Å²) in [5.41, 5.74) is 6.00. The van der Waals surface area contributed by atoms with Gasteiger partial charge in [0.05, 0.1) is 0 Å². The molecule has 1 saturated carbocycles. The summed E-state index contributed by atoms with van der Waals surface area (Å²) in [6.45, 7) is 5.80. The van der Waals surface area contributed by atoms with Gasteiger partial charge in [0, 0.05) is 12.6 Å². The van der Waals surface area contributed by atoms with Crippen molar-refractivity contribution in [1.82, 2.24) is 4.90 Å². The molecule has 1 aliphatic heterocycles. The Balaban J connectivity index is 1.80. The lowest BCUT2D eigenvalue weighted by Crippen LogP contribution is -2.49. The van der Waals surface area contributed by atoms with Crippen molar-refractivity contribution >= 4 is 0 Å². The second kappa shape index (κ2) is 6.75. The van der Waals surface area contributed by atoms with Gasteiger partial charge < -0.3 is 5.73 Å². The Morgan fingerprint density at radius 3 is 2.53 bits per heavy atom. The highest BCUT2D eigenvalue weighted by atomic mass is 15.2. The van der Waals surface area contributed by atoms with Crippen LogP contribution in [0.25, 0.3) is 0 Å². The molecule has 2 nitrogen and oxygen atoms in total. The molecule has 2 aliphatic rings. The normalized spacial score (nSPS) is 32.1. The van der Waals surface area contributed by atoms with Gasteiger partial charge in [0.1, 0.15) is 0 Å². The van der Waals surface area contributed by atoms with Crippen LogP contribution in [0, 0.1) is 11.8 Å². The monoisotopic (exact) mass is 238 g/mol. The summed E-state index contributed by atoms with van der Waals surface area (Å²) < 4.78 is 0. The van der Waals surface area contributed by atoms with E-state index >= 15 is 0 Å². The lowest BCUT2D eigenvalue weighted by Gasteiger charge is -2.41. The van der Waals surface area contributed by atoms with Crippen molar-refractivity contribution in [3.05, 3.63) is 0 Å². The lowest BCUT2D eigenvalue weighted by molar-refractivity contribution is 0.0893. The van der Waals surface area contributed by atoms with Gasteiger partial charge in [-0.25, -0.2) is 0 Å². The third kappa shape index (κ3) is 3.45. The number of hydrogen-bond donors (Lipinski definition) is 1. The second-order valence-electron chi connectivity index (χ2n) is 6.09. The minimum Gasteiger partial charge on any atom is -0.329 e. The van der Waals surface area contributed by atoms with Gasteiger partial charge in [0.2, 0.25) is 0 Å². The predicted molar refractivity (Wildman–Crippen MR) is 74.0 cm³/mol. The fraction of sp³-hybridized carbons (Fsp3) is 1.00. The van der Waals surface area contributed by atoms with Crippen molar-refractivity contribution in [1.29, 1.82) is 0 Å². The van der Waals surface area contributed by atoms with Gasteiger partial charge in [0.25, 0.3) is 0 Å². The summed E-state index contributed by atoms with van der Waals surface area (Å²) in [7, 11) is 0. The SMILES string of the molecule is CCC1CCCN(CCC2CCCC2)C1CN. The van der Waals surface area contributed by atoms with Crippen LogP contribution in [0.3, 0.4) is 0 Å². The van der Waals surface area contributed by atoms with Crippen LogP contribution in [-0.4, -0.2) is 30.6 Å². The van der Waals surface area contributed by atoms with E-state index in [4.69, 9.17) is 5.73 Å². The molecular weight excluding hydrogens is 208 g/mol. The second-order valence-corrected chi connectivity index (χ2v) is 6.09. The van der Waals surface area contributed by atoms with E-state index in [2.05, 4.69) is 11.8 Å². The summed E-state index contributed by atoms with van der Waals surface area (Å²) in [6.07, 6.45) is 11.4. The third-order valence-corrected chi connectivity index (χ3v) is 5.10. The maximum absolute atomic E-state index is 6.00. The molecule has 0 amide bonds. The van der Waals surface area contributed by atoms with Gasteiger partial charge >= 0.3 is 0 Å². The lowest BCUT2D eigenvalue weighted by atomic mass is 9.86. The van der Waals surface area contributed by atoms with Gasteiger partial charge in [-0.15, -0.1) is 0 Å². The Kier molecular flexibility index (Phi) is 5.30. The molecule has 17 heavy (non-hydrogen) atoms. The third-order valence-electron chi connectivity index (χ3n) is 5.10. The van der Waals surface area contributed by atoms with Crippen LogP contribution in [0.4, 0.5) is 0 Å². The zero-order valence-electron chi connectivity index (χ0n) is 11.5. The van der Waals surface area contributed by atoms with Crippen LogP contribution < -0.4 is 5.73 Å². The first-order chi connectivity index (χ1) is 8.35. The molecule has 2 atom stereocenters. The summed E-state index contributed by atoms with van der Waals surface area (Å²) in [4.78, 5) is 2.70. The van der Waals surface area contributed by atoms with E-state index in [9.17, 15) is 0 Å². The number of rotatable bonds is 5. The van der Waals surface area contributed by atoms with Gasteiger partial charge in [-0.2, -0.15) is 0 Å². The topological polar surface area (TPSA) is 29.3 Å². The maximum atomic E-state index is 6.00. The molecule has 1 saturated heterocycles. The van der Waals surface area contributed by atoms with E-state index in [0.29, 0.717) is 6.04 Å². The molecule has 0 radical (unpaired) electrons. The largest absolute Gasteiger partial charge is 0.329 e. The predicted octanol–water partition coefficient (Wildman–Crippen LogP) is 3.02. The molecule has 0 bridgehead atoms. The van der Waals surface area contributed by atoms with Gasteiger partial charge in [-0.1, -0.05) is 39.0 Å². The molecule has 100 valence electrons. The van der Waals surface area contributed by atoms with E-state index in [1.165, 1.54) is 64.5 Å². The number of hydrogen-bond acceptors (Lipinski definition) is 2. The highest BCUT2D eigenvalue weighted by molar-refractivity contribution is 4.85. The summed E-state index contributed by atoms with van der Waals surface area (Å²) in [5.74, 6) is 1.88. The van der Waals surface area contributed by atoms with Crippen molar-refractivity contribution < 1.29 is 0 Å². The van der Waals surface area contributed by atoms with Crippen LogP contribution >= 0.6 is 0 Å². The van der Waals surface area contributed by atoms with Crippen molar-refractivity contribution in [3.8, 4) is 0 Å². The fourth-order valence-electron chi connectivity index (χ4n) is 3.96. The van der Waals surface area contributed by atoms with Crippen LogP contribution in [-0.2, 0) is 0 Å². The Labute approximate surface area is 107 Å². The van der Waals surface area contributed by atoms with Gasteiger partial charge in [0.15, 0.2) is 0 Å². The smallest absolute Gasteiger partial charge is 0.0246 e. The molecule has 0 aromatic carbocycles. The molecule has 2 fully saturated rings. The van der Waals surface area contributed by atoms with E-state index in [-0.39, 0.29) is 0 Å². The first-order valence-corrected chi connectivity index (χ1v) is 7.79. The number of nitrogens with two attached hydrogens (primary N) is 1. The average Bonchev–Trinajstić information content (AvgIpc) is 2.88. The van der Waals surface area contributed by atoms with Gasteiger partial charge in [-0.05, 0) is 44.2 Å². The Morgan fingerprint density at radius 1 is 1.12 bits per heavy atom. The Morgan fingerprint density at radius 2 is 1.88 bits per heavy atom. The molecular formula is C15H30N2. The first kappa shape index (κ1) is 13.4. The fourth-order valence-corrected chi connectivity index (χ4v) is 3.96. The molecule has 0 spiro atoms. The van der Waals surface area contributed by atoms with Crippen LogP contribution in [0.2, 0.25) is 0 Å². The molecule has 2 rings (SSSR count). The summed E-state index contributed by atoms with van der Waals surface area (Å²) >= 11 is 0. The summed E-state index contributed by atoms with van der Waals surface area (Å²) in [6, 6.07) is 0.676. The molecule has 1 heterocycles. The van der Waals surface area contributed by atoms with E-state index in [1.54, 1.807) is 0 Å². The zero-order valence-corrected chi connectivity index (χ0v) is 11.5. The summed E-state index contributed by atoms with van der Waals surface area (Å²) in [5, 5.41) is 0. The maximum Gasteiger partial charge on any atom is 0.0246 e. The van der Waals surface area contributed by atoms with Crippen molar-refractivity contribution in [2.75, 3.05) is 19.6 Å². The van der Waals surface area contributed by atoms with Gasteiger partial charge in [-0.3, -0.25) is 4.90 Å². The number of likely N-dealkylation sites (tertiary alicyclic amines) is 1. The zero-order chi connectivity index (χ0) is 12.1. The highest BCUT2D eigenvalue weighted by Gasteiger charge is 2.29.